The van der Waals surface area contributed by atoms with Crippen LogP contribution in [-0.4, -0.2) is 56.1 Å². The molecule has 2 N–H and O–H groups in total. The van der Waals surface area contributed by atoms with Crippen LogP contribution in [-0.2, 0) is 10.0 Å². The zero-order valence-electron chi connectivity index (χ0n) is 11.1. The number of sulfonamides is 1. The van der Waals surface area contributed by atoms with Crippen LogP contribution in [0.3, 0.4) is 0 Å². The van der Waals surface area contributed by atoms with Gasteiger partial charge in [0.1, 0.15) is 0 Å². The van der Waals surface area contributed by atoms with Gasteiger partial charge in [0.05, 0.1) is 5.56 Å². The van der Waals surface area contributed by atoms with E-state index in [-0.39, 0.29) is 10.6 Å². The molecule has 0 amide bonds. The second-order valence-corrected chi connectivity index (χ2v) is 6.67. The lowest BCUT2D eigenvalue weighted by Gasteiger charge is -2.11. The molecule has 0 spiro atoms. The Bertz CT molecular complexity index is 585. The predicted molar refractivity (Wildman–Crippen MR) is 72.0 cm³/mol. The van der Waals surface area contributed by atoms with Gasteiger partial charge in [0, 0.05) is 19.3 Å². The maximum atomic E-state index is 12.0. The average Bonchev–Trinajstić information content (AvgIpc) is 2.82. The van der Waals surface area contributed by atoms with Crippen molar-refractivity contribution in [3.63, 3.8) is 0 Å². The summed E-state index contributed by atoms with van der Waals surface area (Å²) in [6.45, 7) is 2.21. The molecule has 0 aliphatic carbocycles. The third-order valence-corrected chi connectivity index (χ3v) is 4.65. The molecule has 1 aliphatic rings. The number of carboxylic acids is 1. The fraction of sp³-hybridized carbons (Fsp3) is 0.500. The van der Waals surface area contributed by atoms with Crippen LogP contribution < -0.4 is 4.72 Å². The predicted octanol–water partition coefficient (Wildman–Crippen LogP) is 0.00980. The van der Waals surface area contributed by atoms with Gasteiger partial charge in [0.25, 0.3) is 10.0 Å². The molecular weight excluding hydrogens is 282 g/mol. The van der Waals surface area contributed by atoms with Gasteiger partial charge in [-0.25, -0.2) is 22.9 Å². The third-order valence-electron chi connectivity index (χ3n) is 3.31. The first-order valence-electron chi connectivity index (χ1n) is 6.26. The summed E-state index contributed by atoms with van der Waals surface area (Å²) in [5.74, 6) is -0.837. The number of rotatable bonds is 5. The van der Waals surface area contributed by atoms with Gasteiger partial charge in [0.15, 0.2) is 5.03 Å². The van der Waals surface area contributed by atoms with Crippen LogP contribution in [0.25, 0.3) is 0 Å². The fourth-order valence-corrected chi connectivity index (χ4v) is 3.20. The molecule has 2 heterocycles. The van der Waals surface area contributed by atoms with E-state index in [1.54, 1.807) is 0 Å². The second-order valence-electron chi connectivity index (χ2n) is 4.96. The molecule has 0 aromatic carbocycles. The Morgan fingerprint density at radius 1 is 1.55 bits per heavy atom. The summed E-state index contributed by atoms with van der Waals surface area (Å²) in [5.41, 5.74) is -0.0404. The van der Waals surface area contributed by atoms with E-state index in [9.17, 15) is 13.2 Å². The molecule has 2 rings (SSSR count). The van der Waals surface area contributed by atoms with Crippen LogP contribution in [0.1, 0.15) is 16.8 Å². The Morgan fingerprint density at radius 3 is 2.80 bits per heavy atom. The molecule has 1 atom stereocenters. The standard InChI is InChI=1S/C12H17N3O4S/c1-15-5-4-9(8-15)6-14-20(18,19)11-3-2-10(7-13-11)12(16)17/h2-3,7,9,14H,4-6,8H2,1H3,(H,16,17). The van der Waals surface area contributed by atoms with Crippen molar-refractivity contribution in [3.8, 4) is 0 Å². The number of aromatic nitrogens is 1. The van der Waals surface area contributed by atoms with Crippen LogP contribution in [0, 0.1) is 5.92 Å². The van der Waals surface area contributed by atoms with Crippen molar-refractivity contribution in [3.05, 3.63) is 23.9 Å². The molecule has 1 unspecified atom stereocenters. The maximum Gasteiger partial charge on any atom is 0.337 e. The summed E-state index contributed by atoms with van der Waals surface area (Å²) >= 11 is 0. The molecular formula is C12H17N3O4S. The van der Waals surface area contributed by atoms with Crippen molar-refractivity contribution in [2.24, 2.45) is 5.92 Å². The second kappa shape index (κ2) is 5.86. The molecule has 0 radical (unpaired) electrons. The zero-order valence-corrected chi connectivity index (χ0v) is 11.9. The van der Waals surface area contributed by atoms with E-state index in [0.717, 1.165) is 25.7 Å². The molecule has 1 aromatic heterocycles. The Labute approximate surface area is 117 Å². The smallest absolute Gasteiger partial charge is 0.337 e. The molecule has 1 aromatic rings. The van der Waals surface area contributed by atoms with E-state index in [1.807, 2.05) is 7.05 Å². The summed E-state index contributed by atoms with van der Waals surface area (Å²) in [6.07, 6.45) is 2.00. The van der Waals surface area contributed by atoms with Gasteiger partial charge in [-0.1, -0.05) is 0 Å². The number of carboxylic acid groups (broad SMARTS) is 1. The summed E-state index contributed by atoms with van der Waals surface area (Å²) in [6, 6.07) is 2.43. The summed E-state index contributed by atoms with van der Waals surface area (Å²) in [5, 5.41) is 8.58. The van der Waals surface area contributed by atoms with Gasteiger partial charge in [-0.05, 0) is 38.1 Å². The number of pyridine rings is 1. The number of carbonyl (C=O) groups is 1. The Balaban J connectivity index is 2.00. The van der Waals surface area contributed by atoms with Gasteiger partial charge in [0.2, 0.25) is 0 Å². The van der Waals surface area contributed by atoms with E-state index in [2.05, 4.69) is 14.6 Å². The van der Waals surface area contributed by atoms with E-state index >= 15 is 0 Å². The number of likely N-dealkylation sites (tertiary alicyclic amines) is 1. The average molecular weight is 299 g/mol. The van der Waals surface area contributed by atoms with Crippen molar-refractivity contribution >= 4 is 16.0 Å². The monoisotopic (exact) mass is 299 g/mol. The number of hydrogen-bond acceptors (Lipinski definition) is 5. The lowest BCUT2D eigenvalue weighted by molar-refractivity contribution is 0.0696. The quantitative estimate of drug-likeness (QED) is 0.794. The number of nitrogens with zero attached hydrogens (tertiary/aromatic N) is 2. The summed E-state index contributed by atoms with van der Waals surface area (Å²) in [4.78, 5) is 16.5. The van der Waals surface area contributed by atoms with Gasteiger partial charge < -0.3 is 10.0 Å². The van der Waals surface area contributed by atoms with Gasteiger partial charge in [-0.3, -0.25) is 0 Å². The fourth-order valence-electron chi connectivity index (χ4n) is 2.16. The molecule has 0 saturated carbocycles. The minimum Gasteiger partial charge on any atom is -0.478 e. The minimum absolute atomic E-state index is 0.0404. The highest BCUT2D eigenvalue weighted by Crippen LogP contribution is 2.14. The van der Waals surface area contributed by atoms with E-state index in [0.29, 0.717) is 12.5 Å². The van der Waals surface area contributed by atoms with Crippen molar-refractivity contribution < 1.29 is 18.3 Å². The first-order valence-corrected chi connectivity index (χ1v) is 7.74. The summed E-state index contributed by atoms with van der Waals surface area (Å²) in [7, 11) is -1.68. The third kappa shape index (κ3) is 3.53. The van der Waals surface area contributed by atoms with E-state index < -0.39 is 16.0 Å². The van der Waals surface area contributed by atoms with Gasteiger partial charge >= 0.3 is 5.97 Å². The number of hydrogen-bond donors (Lipinski definition) is 2. The molecule has 20 heavy (non-hydrogen) atoms. The summed E-state index contributed by atoms with van der Waals surface area (Å²) < 4.78 is 26.6. The first-order chi connectivity index (χ1) is 9.38. The minimum atomic E-state index is -3.68. The van der Waals surface area contributed by atoms with Crippen LogP contribution in [0.5, 0.6) is 0 Å². The Hall–Kier alpha value is -1.51. The van der Waals surface area contributed by atoms with Crippen molar-refractivity contribution in [1.82, 2.24) is 14.6 Å². The molecule has 7 nitrogen and oxygen atoms in total. The lowest BCUT2D eigenvalue weighted by Crippen LogP contribution is -2.31. The lowest BCUT2D eigenvalue weighted by atomic mass is 10.1. The van der Waals surface area contributed by atoms with Crippen LogP contribution in [0.4, 0.5) is 0 Å². The van der Waals surface area contributed by atoms with Crippen LogP contribution >= 0.6 is 0 Å². The SMILES string of the molecule is CN1CCC(CNS(=O)(=O)c2ccc(C(=O)O)cn2)C1. The Morgan fingerprint density at radius 2 is 2.30 bits per heavy atom. The highest BCUT2D eigenvalue weighted by atomic mass is 32.2. The molecule has 1 saturated heterocycles. The highest BCUT2D eigenvalue weighted by Gasteiger charge is 2.23. The van der Waals surface area contributed by atoms with Crippen LogP contribution in [0.15, 0.2) is 23.4 Å². The van der Waals surface area contributed by atoms with E-state index in [4.69, 9.17) is 5.11 Å². The number of nitrogens with one attached hydrogen (secondary N) is 1. The van der Waals surface area contributed by atoms with E-state index in [1.165, 1.54) is 12.1 Å². The molecule has 1 aliphatic heterocycles. The maximum absolute atomic E-state index is 12.0. The van der Waals surface area contributed by atoms with Gasteiger partial charge in [-0.15, -0.1) is 0 Å². The molecule has 0 bridgehead atoms. The van der Waals surface area contributed by atoms with Crippen LogP contribution in [0.2, 0.25) is 0 Å². The van der Waals surface area contributed by atoms with Crippen molar-refractivity contribution in [2.45, 2.75) is 11.4 Å². The molecule has 1 fully saturated rings. The highest BCUT2D eigenvalue weighted by molar-refractivity contribution is 7.89. The Kier molecular flexibility index (Phi) is 4.36. The topological polar surface area (TPSA) is 99.6 Å². The normalized spacial score (nSPS) is 20.1. The van der Waals surface area contributed by atoms with Crippen molar-refractivity contribution in [1.29, 1.82) is 0 Å². The van der Waals surface area contributed by atoms with Crippen molar-refractivity contribution in [2.75, 3.05) is 26.7 Å². The van der Waals surface area contributed by atoms with Gasteiger partial charge in [-0.2, -0.15) is 0 Å². The zero-order chi connectivity index (χ0) is 14.8. The molecule has 110 valence electrons. The largest absolute Gasteiger partial charge is 0.478 e. The first kappa shape index (κ1) is 14.9. The number of aromatic carboxylic acids is 1. The molecule has 8 heteroatoms.